The van der Waals surface area contributed by atoms with Crippen LogP contribution in [0.15, 0.2) is 54.6 Å². The van der Waals surface area contributed by atoms with Crippen molar-refractivity contribution in [3.05, 3.63) is 65.7 Å². The molecule has 2 aromatic carbocycles. The number of aromatic hydroxyl groups is 1. The normalized spacial score (nSPS) is 14.2. The minimum Gasteiger partial charge on any atom is -0.508 e. The number of aliphatic carboxylic acids is 1. The summed E-state index contributed by atoms with van der Waals surface area (Å²) in [6, 6.07) is 10.8. The van der Waals surface area contributed by atoms with Crippen molar-refractivity contribution in [3.8, 4) is 5.75 Å². The minimum absolute atomic E-state index is 0.0214. The molecule has 0 radical (unpaired) electrons. The van der Waals surface area contributed by atoms with Gasteiger partial charge < -0.3 is 31.9 Å². The molecule has 0 aromatic heterocycles. The number of carbonyl (C=O) groups excluding carboxylic acids is 3. The quantitative estimate of drug-likeness (QED) is 0.250. The SMILES string of the molecule is CC(N)C(=O)NC(C(=O)NC(Cc1ccccc1)C(=O)NC(Cc1ccc(O)cc1)C(=O)O)C(C)C. The molecule has 0 aliphatic rings. The van der Waals surface area contributed by atoms with E-state index in [1.54, 1.807) is 50.2 Å². The van der Waals surface area contributed by atoms with Crippen LogP contribution >= 0.6 is 0 Å². The van der Waals surface area contributed by atoms with Crippen LogP contribution in [0.1, 0.15) is 31.9 Å². The van der Waals surface area contributed by atoms with E-state index >= 15 is 0 Å². The molecule has 10 nitrogen and oxygen atoms in total. The Kier molecular flexibility index (Phi) is 10.4. The van der Waals surface area contributed by atoms with Crippen molar-refractivity contribution < 1.29 is 29.4 Å². The summed E-state index contributed by atoms with van der Waals surface area (Å²) in [5.74, 6) is -3.27. The van der Waals surface area contributed by atoms with Gasteiger partial charge in [-0.25, -0.2) is 4.79 Å². The third-order valence-corrected chi connectivity index (χ3v) is 5.57. The summed E-state index contributed by atoms with van der Waals surface area (Å²) in [5.41, 5.74) is 6.97. The minimum atomic E-state index is -1.27. The second kappa shape index (κ2) is 13.2. The van der Waals surface area contributed by atoms with E-state index in [1.807, 2.05) is 6.07 Å². The Bertz CT molecular complexity index is 1040. The number of carbonyl (C=O) groups is 4. The van der Waals surface area contributed by atoms with Crippen LogP contribution in [0.25, 0.3) is 0 Å². The topological polar surface area (TPSA) is 171 Å². The third-order valence-electron chi connectivity index (χ3n) is 5.57. The van der Waals surface area contributed by atoms with E-state index in [0.717, 1.165) is 5.56 Å². The van der Waals surface area contributed by atoms with Gasteiger partial charge in [0.2, 0.25) is 17.7 Å². The van der Waals surface area contributed by atoms with Gasteiger partial charge in [0.25, 0.3) is 0 Å². The Hall–Kier alpha value is -3.92. The molecule has 0 aliphatic heterocycles. The van der Waals surface area contributed by atoms with Gasteiger partial charge in [-0.05, 0) is 36.1 Å². The van der Waals surface area contributed by atoms with Gasteiger partial charge in [-0.2, -0.15) is 0 Å². The second-order valence-corrected chi connectivity index (χ2v) is 9.04. The molecule has 0 fully saturated rings. The first-order valence-corrected chi connectivity index (χ1v) is 11.7. The maximum Gasteiger partial charge on any atom is 0.326 e. The standard InChI is InChI=1S/C26H34N4O6/c1-15(2)22(30-23(32)16(3)27)25(34)28-20(13-17-7-5-4-6-8-17)24(33)29-21(26(35)36)14-18-9-11-19(31)12-10-18/h4-12,15-16,20-22,31H,13-14,27H2,1-3H3,(H,28,34)(H,29,33)(H,30,32)(H,35,36). The zero-order valence-electron chi connectivity index (χ0n) is 20.6. The summed E-state index contributed by atoms with van der Waals surface area (Å²) in [6.07, 6.45) is 0.0858. The lowest BCUT2D eigenvalue weighted by Crippen LogP contribution is -2.58. The zero-order chi connectivity index (χ0) is 26.8. The highest BCUT2D eigenvalue weighted by molar-refractivity contribution is 5.94. The van der Waals surface area contributed by atoms with E-state index in [4.69, 9.17) is 5.73 Å². The fourth-order valence-corrected chi connectivity index (χ4v) is 3.48. The summed E-state index contributed by atoms with van der Waals surface area (Å²) < 4.78 is 0. The van der Waals surface area contributed by atoms with Crippen molar-refractivity contribution in [1.29, 1.82) is 0 Å². The summed E-state index contributed by atoms with van der Waals surface area (Å²) in [6.45, 7) is 4.99. The Morgan fingerprint density at radius 2 is 1.28 bits per heavy atom. The fraction of sp³-hybridized carbons (Fsp3) is 0.385. The van der Waals surface area contributed by atoms with Crippen LogP contribution in [-0.2, 0) is 32.0 Å². The van der Waals surface area contributed by atoms with Crippen molar-refractivity contribution in [2.45, 2.75) is 57.8 Å². The molecule has 0 aliphatic carbocycles. The van der Waals surface area contributed by atoms with Gasteiger partial charge in [-0.3, -0.25) is 14.4 Å². The predicted molar refractivity (Wildman–Crippen MR) is 134 cm³/mol. The summed E-state index contributed by atoms with van der Waals surface area (Å²) in [7, 11) is 0. The van der Waals surface area contributed by atoms with Gasteiger partial charge in [0, 0.05) is 12.8 Å². The lowest BCUT2D eigenvalue weighted by atomic mass is 10.00. The number of rotatable bonds is 12. The van der Waals surface area contributed by atoms with Crippen molar-refractivity contribution >= 4 is 23.7 Å². The first-order valence-electron chi connectivity index (χ1n) is 11.7. The Morgan fingerprint density at radius 3 is 1.81 bits per heavy atom. The predicted octanol–water partition coefficient (Wildman–Crippen LogP) is 0.720. The molecule has 0 bridgehead atoms. The molecule has 0 saturated carbocycles. The average Bonchev–Trinajstić information content (AvgIpc) is 2.82. The number of phenols is 1. The number of carboxylic acids is 1. The van der Waals surface area contributed by atoms with Crippen LogP contribution in [0.3, 0.4) is 0 Å². The largest absolute Gasteiger partial charge is 0.508 e. The summed E-state index contributed by atoms with van der Waals surface area (Å²) in [4.78, 5) is 50.3. The van der Waals surface area contributed by atoms with Crippen LogP contribution in [0.5, 0.6) is 5.75 Å². The van der Waals surface area contributed by atoms with E-state index < -0.39 is 47.9 Å². The Balaban J connectivity index is 2.23. The van der Waals surface area contributed by atoms with Gasteiger partial charge in [0.1, 0.15) is 23.9 Å². The number of hydrogen-bond donors (Lipinski definition) is 6. The molecule has 7 N–H and O–H groups in total. The molecule has 10 heteroatoms. The molecule has 3 amide bonds. The first kappa shape index (κ1) is 28.3. The molecule has 0 spiro atoms. The van der Waals surface area contributed by atoms with Gasteiger partial charge >= 0.3 is 5.97 Å². The van der Waals surface area contributed by atoms with Crippen LogP contribution < -0.4 is 21.7 Å². The molecule has 4 atom stereocenters. The first-order chi connectivity index (χ1) is 17.0. The highest BCUT2D eigenvalue weighted by Gasteiger charge is 2.31. The van der Waals surface area contributed by atoms with Crippen LogP contribution in [0.4, 0.5) is 0 Å². The summed E-state index contributed by atoms with van der Waals surface area (Å²) in [5, 5.41) is 26.9. The number of nitrogens with one attached hydrogen (secondary N) is 3. The molecule has 0 saturated heterocycles. The monoisotopic (exact) mass is 498 g/mol. The number of benzene rings is 2. The number of nitrogens with two attached hydrogens (primary N) is 1. The number of phenolic OH excluding ortho intramolecular Hbond substituents is 1. The van der Waals surface area contributed by atoms with Crippen molar-refractivity contribution in [3.63, 3.8) is 0 Å². The Labute approximate surface area is 210 Å². The lowest BCUT2D eigenvalue weighted by Gasteiger charge is -2.27. The van der Waals surface area contributed by atoms with Crippen LogP contribution in [0, 0.1) is 5.92 Å². The van der Waals surface area contributed by atoms with Crippen molar-refractivity contribution in [1.82, 2.24) is 16.0 Å². The molecular formula is C26H34N4O6. The van der Waals surface area contributed by atoms with E-state index in [2.05, 4.69) is 16.0 Å². The van der Waals surface area contributed by atoms with Crippen LogP contribution in [-0.4, -0.2) is 58.1 Å². The molecule has 0 heterocycles. The van der Waals surface area contributed by atoms with E-state index in [-0.39, 0.29) is 24.5 Å². The highest BCUT2D eigenvalue weighted by atomic mass is 16.4. The molecule has 194 valence electrons. The molecule has 36 heavy (non-hydrogen) atoms. The van der Waals surface area contributed by atoms with Crippen LogP contribution in [0.2, 0.25) is 0 Å². The maximum atomic E-state index is 13.2. The maximum absolute atomic E-state index is 13.2. The number of carboxylic acid groups (broad SMARTS) is 1. The average molecular weight is 499 g/mol. The zero-order valence-corrected chi connectivity index (χ0v) is 20.6. The molecule has 4 unspecified atom stereocenters. The molecular weight excluding hydrogens is 464 g/mol. The fourth-order valence-electron chi connectivity index (χ4n) is 3.48. The van der Waals surface area contributed by atoms with Crippen molar-refractivity contribution in [2.75, 3.05) is 0 Å². The van der Waals surface area contributed by atoms with E-state index in [1.165, 1.54) is 19.1 Å². The highest BCUT2D eigenvalue weighted by Crippen LogP contribution is 2.12. The summed E-state index contributed by atoms with van der Waals surface area (Å²) >= 11 is 0. The Morgan fingerprint density at radius 1 is 0.750 bits per heavy atom. The van der Waals surface area contributed by atoms with Gasteiger partial charge in [-0.1, -0.05) is 56.3 Å². The van der Waals surface area contributed by atoms with Gasteiger partial charge in [0.05, 0.1) is 6.04 Å². The second-order valence-electron chi connectivity index (χ2n) is 9.04. The molecule has 2 aromatic rings. The third kappa shape index (κ3) is 8.70. The van der Waals surface area contributed by atoms with Crippen molar-refractivity contribution in [2.24, 2.45) is 11.7 Å². The van der Waals surface area contributed by atoms with E-state index in [9.17, 15) is 29.4 Å². The number of amides is 3. The smallest absolute Gasteiger partial charge is 0.326 e. The van der Waals surface area contributed by atoms with Gasteiger partial charge in [-0.15, -0.1) is 0 Å². The number of hydrogen-bond acceptors (Lipinski definition) is 6. The van der Waals surface area contributed by atoms with E-state index in [0.29, 0.717) is 5.56 Å². The molecule has 2 rings (SSSR count). The lowest BCUT2D eigenvalue weighted by molar-refractivity contribution is -0.142. The van der Waals surface area contributed by atoms with Gasteiger partial charge in [0.15, 0.2) is 0 Å².